The Labute approximate surface area is 126 Å². The van der Waals surface area contributed by atoms with Gasteiger partial charge in [-0.05, 0) is 30.3 Å². The van der Waals surface area contributed by atoms with Crippen LogP contribution >= 0.6 is 23.4 Å². The van der Waals surface area contributed by atoms with Crippen LogP contribution in [0.15, 0.2) is 47.6 Å². The number of anilines is 2. The number of rotatable bonds is 5. The van der Waals surface area contributed by atoms with Gasteiger partial charge in [-0.3, -0.25) is 4.79 Å². The third kappa shape index (κ3) is 4.43. The molecule has 0 bridgehead atoms. The van der Waals surface area contributed by atoms with Gasteiger partial charge >= 0.3 is 0 Å². The van der Waals surface area contributed by atoms with Crippen molar-refractivity contribution in [3.63, 3.8) is 0 Å². The predicted molar refractivity (Wildman–Crippen MR) is 84.1 cm³/mol. The molecule has 0 radical (unpaired) electrons. The van der Waals surface area contributed by atoms with Gasteiger partial charge in [0.05, 0.1) is 16.4 Å². The highest BCUT2D eigenvalue weighted by Crippen LogP contribution is 2.23. The second kappa shape index (κ2) is 7.17. The molecule has 1 aromatic carbocycles. The van der Waals surface area contributed by atoms with E-state index in [-0.39, 0.29) is 5.91 Å². The van der Waals surface area contributed by atoms with Gasteiger partial charge in [-0.2, -0.15) is 0 Å². The van der Waals surface area contributed by atoms with E-state index in [1.54, 1.807) is 36.2 Å². The van der Waals surface area contributed by atoms with Crippen molar-refractivity contribution < 1.29 is 4.79 Å². The summed E-state index contributed by atoms with van der Waals surface area (Å²) in [5, 5.41) is 4.22. The number of halogens is 1. The molecule has 3 N–H and O–H groups in total. The third-order valence-corrected chi connectivity index (χ3v) is 3.69. The Morgan fingerprint density at radius 3 is 2.90 bits per heavy atom. The van der Waals surface area contributed by atoms with E-state index >= 15 is 0 Å². The third-order valence-electron chi connectivity index (χ3n) is 2.50. The summed E-state index contributed by atoms with van der Waals surface area (Å²) in [6.07, 6.45) is 2.13. The molecular formula is C14H14ClN3OS. The Kier molecular flexibility index (Phi) is 5.26. The van der Waals surface area contributed by atoms with E-state index < -0.39 is 0 Å². The molecule has 0 aliphatic rings. The molecule has 6 heteroatoms. The fourth-order valence-corrected chi connectivity index (χ4v) is 2.53. The Balaban J connectivity index is 1.81. The number of hydrogen-bond acceptors (Lipinski definition) is 4. The zero-order chi connectivity index (χ0) is 14.4. The van der Waals surface area contributed by atoms with Gasteiger partial charge in [0, 0.05) is 23.4 Å². The summed E-state index contributed by atoms with van der Waals surface area (Å²) >= 11 is 7.34. The summed E-state index contributed by atoms with van der Waals surface area (Å²) in [4.78, 5) is 16.0. The topological polar surface area (TPSA) is 68.0 Å². The van der Waals surface area contributed by atoms with Crippen LogP contribution in [0.2, 0.25) is 5.02 Å². The van der Waals surface area contributed by atoms with Gasteiger partial charge in [0.25, 0.3) is 0 Å². The molecule has 2 rings (SSSR count). The molecule has 0 aliphatic carbocycles. The highest BCUT2D eigenvalue weighted by molar-refractivity contribution is 7.99. The molecular weight excluding hydrogens is 294 g/mol. The lowest BCUT2D eigenvalue weighted by atomic mass is 10.2. The van der Waals surface area contributed by atoms with Gasteiger partial charge in [-0.1, -0.05) is 17.7 Å². The molecule has 0 saturated heterocycles. The van der Waals surface area contributed by atoms with Crippen LogP contribution in [-0.2, 0) is 4.79 Å². The lowest BCUT2D eigenvalue weighted by Gasteiger charge is -2.08. The van der Waals surface area contributed by atoms with Crippen molar-refractivity contribution >= 4 is 40.6 Å². The van der Waals surface area contributed by atoms with E-state index in [1.807, 2.05) is 18.2 Å². The first-order chi connectivity index (χ1) is 9.65. The van der Waals surface area contributed by atoms with E-state index in [4.69, 9.17) is 17.3 Å². The number of carbonyl (C=O) groups excluding carboxylic acids is 1. The second-order valence-electron chi connectivity index (χ2n) is 4.05. The standard InChI is InChI=1S/C14H14ClN3OS/c15-10-4-5-12(11(16)9-10)18-13(19)6-8-20-14-3-1-2-7-17-14/h1-5,7,9H,6,8,16H2,(H,18,19). The maximum absolute atomic E-state index is 11.8. The van der Waals surface area contributed by atoms with Crippen LogP contribution in [0.5, 0.6) is 0 Å². The quantitative estimate of drug-likeness (QED) is 0.656. The first kappa shape index (κ1) is 14.7. The summed E-state index contributed by atoms with van der Waals surface area (Å²) in [5.74, 6) is 0.582. The molecule has 104 valence electrons. The molecule has 2 aromatic rings. The van der Waals surface area contributed by atoms with Crippen LogP contribution in [0.25, 0.3) is 0 Å². The predicted octanol–water partition coefficient (Wildman–Crippen LogP) is 3.44. The fourth-order valence-electron chi connectivity index (χ4n) is 1.54. The van der Waals surface area contributed by atoms with Crippen molar-refractivity contribution in [1.29, 1.82) is 0 Å². The first-order valence-electron chi connectivity index (χ1n) is 6.04. The number of nitrogens with one attached hydrogen (secondary N) is 1. The molecule has 20 heavy (non-hydrogen) atoms. The highest BCUT2D eigenvalue weighted by Gasteiger charge is 2.06. The number of benzene rings is 1. The number of pyridine rings is 1. The van der Waals surface area contributed by atoms with Crippen molar-refractivity contribution in [2.45, 2.75) is 11.4 Å². The lowest BCUT2D eigenvalue weighted by molar-refractivity contribution is -0.115. The van der Waals surface area contributed by atoms with Gasteiger partial charge in [-0.15, -0.1) is 11.8 Å². The van der Waals surface area contributed by atoms with E-state index in [0.29, 0.717) is 28.6 Å². The summed E-state index contributed by atoms with van der Waals surface area (Å²) in [7, 11) is 0. The Hall–Kier alpha value is -1.72. The summed E-state index contributed by atoms with van der Waals surface area (Å²) in [6.45, 7) is 0. The zero-order valence-electron chi connectivity index (χ0n) is 10.7. The Morgan fingerprint density at radius 2 is 2.20 bits per heavy atom. The molecule has 0 spiro atoms. The SMILES string of the molecule is Nc1cc(Cl)ccc1NC(=O)CCSc1ccccn1. The average Bonchev–Trinajstić information content (AvgIpc) is 2.43. The highest BCUT2D eigenvalue weighted by atomic mass is 35.5. The first-order valence-corrected chi connectivity index (χ1v) is 7.40. The van der Waals surface area contributed by atoms with Gasteiger partial charge in [0.1, 0.15) is 0 Å². The minimum absolute atomic E-state index is 0.0811. The number of thioether (sulfide) groups is 1. The summed E-state index contributed by atoms with van der Waals surface area (Å²) in [6, 6.07) is 10.7. The van der Waals surface area contributed by atoms with Crippen molar-refractivity contribution in [1.82, 2.24) is 4.98 Å². The molecule has 0 unspecified atom stereocenters. The van der Waals surface area contributed by atoms with Crippen LogP contribution in [0.4, 0.5) is 11.4 Å². The smallest absolute Gasteiger partial charge is 0.225 e. The van der Waals surface area contributed by atoms with Gasteiger partial charge in [-0.25, -0.2) is 4.98 Å². The molecule has 4 nitrogen and oxygen atoms in total. The molecule has 0 aliphatic heterocycles. The van der Waals surface area contributed by atoms with E-state index in [9.17, 15) is 4.79 Å². The monoisotopic (exact) mass is 307 g/mol. The Bertz CT molecular complexity index is 592. The second-order valence-corrected chi connectivity index (χ2v) is 5.60. The van der Waals surface area contributed by atoms with Crippen LogP contribution in [0, 0.1) is 0 Å². The van der Waals surface area contributed by atoms with Crippen molar-refractivity contribution in [3.05, 3.63) is 47.6 Å². The van der Waals surface area contributed by atoms with Crippen LogP contribution < -0.4 is 11.1 Å². The minimum atomic E-state index is -0.0811. The van der Waals surface area contributed by atoms with Crippen molar-refractivity contribution in [3.8, 4) is 0 Å². The molecule has 0 atom stereocenters. The van der Waals surface area contributed by atoms with Gasteiger partial charge in [0.2, 0.25) is 5.91 Å². The molecule has 0 fully saturated rings. The number of nitrogens with two attached hydrogens (primary N) is 1. The average molecular weight is 308 g/mol. The van der Waals surface area contributed by atoms with E-state index in [0.717, 1.165) is 5.03 Å². The number of nitrogens with zero attached hydrogens (tertiary/aromatic N) is 1. The number of amides is 1. The number of carbonyl (C=O) groups is 1. The number of nitrogen functional groups attached to an aromatic ring is 1. The maximum Gasteiger partial charge on any atom is 0.225 e. The normalized spacial score (nSPS) is 10.2. The van der Waals surface area contributed by atoms with Crippen molar-refractivity contribution in [2.75, 3.05) is 16.8 Å². The van der Waals surface area contributed by atoms with Crippen LogP contribution in [-0.4, -0.2) is 16.6 Å². The van der Waals surface area contributed by atoms with E-state index in [2.05, 4.69) is 10.3 Å². The number of aromatic nitrogens is 1. The molecule has 1 aromatic heterocycles. The number of hydrogen-bond donors (Lipinski definition) is 2. The lowest BCUT2D eigenvalue weighted by Crippen LogP contribution is -2.13. The maximum atomic E-state index is 11.8. The van der Waals surface area contributed by atoms with Crippen LogP contribution in [0.1, 0.15) is 6.42 Å². The Morgan fingerprint density at radius 1 is 1.35 bits per heavy atom. The van der Waals surface area contributed by atoms with Gasteiger partial charge in [0.15, 0.2) is 0 Å². The molecule has 0 saturated carbocycles. The summed E-state index contributed by atoms with van der Waals surface area (Å²) < 4.78 is 0. The van der Waals surface area contributed by atoms with Crippen LogP contribution in [0.3, 0.4) is 0 Å². The molecule has 1 amide bonds. The van der Waals surface area contributed by atoms with Crippen molar-refractivity contribution in [2.24, 2.45) is 0 Å². The zero-order valence-corrected chi connectivity index (χ0v) is 12.2. The molecule has 1 heterocycles. The largest absolute Gasteiger partial charge is 0.397 e. The minimum Gasteiger partial charge on any atom is -0.397 e. The summed E-state index contributed by atoms with van der Waals surface area (Å²) in [5.41, 5.74) is 6.82. The van der Waals surface area contributed by atoms with E-state index in [1.165, 1.54) is 0 Å². The van der Waals surface area contributed by atoms with Gasteiger partial charge < -0.3 is 11.1 Å². The fraction of sp³-hybridized carbons (Fsp3) is 0.143.